The van der Waals surface area contributed by atoms with Crippen molar-refractivity contribution in [2.75, 3.05) is 20.2 Å². The molecule has 1 aromatic rings. The van der Waals surface area contributed by atoms with Crippen molar-refractivity contribution in [3.8, 4) is 0 Å². The fourth-order valence-corrected chi connectivity index (χ4v) is 6.83. The molecule has 6 heteroatoms. The number of carbonyl (C=O) groups excluding carboxylic acids is 3. The van der Waals surface area contributed by atoms with E-state index < -0.39 is 5.41 Å². The number of hydrogen-bond acceptors (Lipinski definition) is 4. The molecule has 6 rings (SSSR count). The minimum atomic E-state index is -0.470. The maximum Gasteiger partial charge on any atom is 0.312 e. The van der Waals surface area contributed by atoms with Gasteiger partial charge in [0, 0.05) is 13.1 Å². The van der Waals surface area contributed by atoms with Crippen molar-refractivity contribution in [1.82, 2.24) is 10.2 Å². The van der Waals surface area contributed by atoms with E-state index in [1.807, 2.05) is 6.07 Å². The van der Waals surface area contributed by atoms with Crippen molar-refractivity contribution in [1.29, 1.82) is 0 Å². The van der Waals surface area contributed by atoms with Crippen LogP contribution in [0.2, 0.25) is 0 Å². The van der Waals surface area contributed by atoms with Gasteiger partial charge in [-0.2, -0.15) is 0 Å². The summed E-state index contributed by atoms with van der Waals surface area (Å²) in [5, 5.41) is 2.87. The van der Waals surface area contributed by atoms with E-state index in [4.69, 9.17) is 4.74 Å². The van der Waals surface area contributed by atoms with Gasteiger partial charge in [0.2, 0.25) is 5.91 Å². The number of carbonyl (C=O) groups is 3. The number of likely N-dealkylation sites (N-methyl/N-ethyl adjacent to an activating group) is 1. The average Bonchev–Trinajstić information content (AvgIpc) is 3.55. The second-order valence-electron chi connectivity index (χ2n) is 10.6. The highest BCUT2D eigenvalue weighted by Crippen LogP contribution is 2.66. The molecule has 31 heavy (non-hydrogen) atoms. The molecule has 2 unspecified atom stereocenters. The summed E-state index contributed by atoms with van der Waals surface area (Å²) in [4.78, 5) is 39.0. The average molecular weight is 425 g/mol. The molecule has 1 aromatic carbocycles. The normalized spacial score (nSPS) is 33.1. The fourth-order valence-electron chi connectivity index (χ4n) is 6.83. The van der Waals surface area contributed by atoms with Gasteiger partial charge in [-0.3, -0.25) is 14.4 Å². The number of hydrogen-bond donors (Lipinski definition) is 1. The van der Waals surface area contributed by atoms with Crippen molar-refractivity contribution < 1.29 is 19.1 Å². The summed E-state index contributed by atoms with van der Waals surface area (Å²) in [5.74, 6) is 0.403. The molecule has 0 saturated heterocycles. The summed E-state index contributed by atoms with van der Waals surface area (Å²) in [6.45, 7) is -0.291. The lowest BCUT2D eigenvalue weighted by Crippen LogP contribution is -2.57. The Balaban J connectivity index is 1.23. The monoisotopic (exact) mass is 424 g/mol. The number of nitrogens with zero attached hydrogens (tertiary/aromatic N) is 1. The van der Waals surface area contributed by atoms with Crippen molar-refractivity contribution in [3.63, 3.8) is 0 Å². The first kappa shape index (κ1) is 20.5. The third-order valence-electron chi connectivity index (χ3n) is 7.96. The van der Waals surface area contributed by atoms with Gasteiger partial charge in [0.15, 0.2) is 6.61 Å². The van der Waals surface area contributed by atoms with Gasteiger partial charge in [-0.1, -0.05) is 30.3 Å². The number of rotatable bonds is 7. The molecule has 5 aliphatic rings. The van der Waals surface area contributed by atoms with Gasteiger partial charge in [0.05, 0.1) is 12.0 Å². The van der Waals surface area contributed by atoms with Gasteiger partial charge >= 0.3 is 5.97 Å². The van der Waals surface area contributed by atoms with E-state index in [1.165, 1.54) is 16.9 Å². The lowest BCUT2D eigenvalue weighted by molar-refractivity contribution is -0.176. The standard InChI is InChI=1S/C25H32N2O4/c1-27(14-21(28)26-20-7-8-20)22(29)15-31-23(30)25-12-17-9-18(13-25)11-24(10-17,16-25)19-5-3-2-4-6-19/h2-6,17-18,20H,7-16H2,1H3,(H,26,28)/t17-,18+,24?,25?. The van der Waals surface area contributed by atoms with E-state index in [0.29, 0.717) is 11.8 Å². The Bertz CT molecular complexity index is 865. The largest absolute Gasteiger partial charge is 0.455 e. The van der Waals surface area contributed by atoms with Crippen LogP contribution in [0.4, 0.5) is 0 Å². The third kappa shape index (κ3) is 3.97. The van der Waals surface area contributed by atoms with Crippen LogP contribution in [-0.2, 0) is 24.5 Å². The van der Waals surface area contributed by atoms with Crippen molar-refractivity contribution in [2.24, 2.45) is 17.3 Å². The van der Waals surface area contributed by atoms with E-state index in [2.05, 4.69) is 29.6 Å². The van der Waals surface area contributed by atoms with E-state index in [1.54, 1.807) is 7.05 Å². The quantitative estimate of drug-likeness (QED) is 0.683. The zero-order chi connectivity index (χ0) is 21.6. The Kier molecular flexibility index (Phi) is 5.06. The Morgan fingerprint density at radius 1 is 1.06 bits per heavy atom. The molecule has 1 N–H and O–H groups in total. The molecule has 2 amide bonds. The van der Waals surface area contributed by atoms with Gasteiger partial charge in [-0.15, -0.1) is 0 Å². The van der Waals surface area contributed by atoms with Gasteiger partial charge < -0.3 is 15.0 Å². The summed E-state index contributed by atoms with van der Waals surface area (Å²) in [6, 6.07) is 10.9. The van der Waals surface area contributed by atoms with Crippen molar-refractivity contribution >= 4 is 17.8 Å². The van der Waals surface area contributed by atoms with Crippen LogP contribution in [0.3, 0.4) is 0 Å². The minimum Gasteiger partial charge on any atom is -0.455 e. The number of benzene rings is 1. The van der Waals surface area contributed by atoms with Gasteiger partial charge in [0.25, 0.3) is 5.91 Å². The highest BCUT2D eigenvalue weighted by molar-refractivity contribution is 5.87. The molecular weight excluding hydrogens is 392 g/mol. The smallest absolute Gasteiger partial charge is 0.312 e. The lowest BCUT2D eigenvalue weighted by Gasteiger charge is -2.61. The minimum absolute atomic E-state index is 0.000701. The molecule has 5 saturated carbocycles. The molecule has 0 aromatic heterocycles. The predicted molar refractivity (Wildman–Crippen MR) is 115 cm³/mol. The SMILES string of the molecule is CN(CC(=O)NC1CC1)C(=O)COC(=O)C12C[C@H]3C[C@@H](C1)CC(c1ccccc1)(C3)C2. The molecule has 0 aliphatic heterocycles. The van der Waals surface area contributed by atoms with E-state index in [-0.39, 0.29) is 42.4 Å². The highest BCUT2D eigenvalue weighted by Gasteiger charge is 2.61. The molecule has 4 bridgehead atoms. The fraction of sp³-hybridized carbons (Fsp3) is 0.640. The van der Waals surface area contributed by atoms with E-state index in [9.17, 15) is 14.4 Å². The van der Waals surface area contributed by atoms with Gasteiger partial charge in [0.1, 0.15) is 0 Å². The Morgan fingerprint density at radius 2 is 1.74 bits per heavy atom. The summed E-state index contributed by atoms with van der Waals surface area (Å²) in [5.41, 5.74) is 0.938. The maximum atomic E-state index is 13.3. The number of esters is 1. The van der Waals surface area contributed by atoms with Crippen LogP contribution >= 0.6 is 0 Å². The molecule has 5 aliphatic carbocycles. The van der Waals surface area contributed by atoms with Crippen LogP contribution in [0.25, 0.3) is 0 Å². The van der Waals surface area contributed by atoms with Crippen LogP contribution < -0.4 is 5.32 Å². The van der Waals surface area contributed by atoms with E-state index in [0.717, 1.165) is 44.9 Å². The molecule has 0 radical (unpaired) electrons. The Morgan fingerprint density at radius 3 is 2.39 bits per heavy atom. The van der Waals surface area contributed by atoms with Crippen LogP contribution in [0.1, 0.15) is 56.9 Å². The summed E-state index contributed by atoms with van der Waals surface area (Å²) < 4.78 is 5.60. The Labute approximate surface area is 183 Å². The van der Waals surface area contributed by atoms with Crippen LogP contribution in [0.15, 0.2) is 30.3 Å². The summed E-state index contributed by atoms with van der Waals surface area (Å²) >= 11 is 0. The third-order valence-corrected chi connectivity index (χ3v) is 7.96. The second kappa shape index (κ2) is 7.64. The molecular formula is C25H32N2O4. The first-order chi connectivity index (χ1) is 14.9. The molecule has 6 nitrogen and oxygen atoms in total. The molecule has 5 fully saturated rings. The number of amides is 2. The molecule has 166 valence electrons. The maximum absolute atomic E-state index is 13.3. The van der Waals surface area contributed by atoms with Crippen LogP contribution in [-0.4, -0.2) is 48.9 Å². The topological polar surface area (TPSA) is 75.7 Å². The summed E-state index contributed by atoms with van der Waals surface area (Å²) in [7, 11) is 1.58. The van der Waals surface area contributed by atoms with Gasteiger partial charge in [-0.25, -0.2) is 0 Å². The number of ether oxygens (including phenoxy) is 1. The molecule has 0 spiro atoms. The molecule has 0 heterocycles. The number of nitrogens with one attached hydrogen (secondary N) is 1. The van der Waals surface area contributed by atoms with Crippen molar-refractivity contribution in [3.05, 3.63) is 35.9 Å². The first-order valence-electron chi connectivity index (χ1n) is 11.6. The van der Waals surface area contributed by atoms with Crippen LogP contribution in [0.5, 0.6) is 0 Å². The zero-order valence-corrected chi connectivity index (χ0v) is 18.3. The van der Waals surface area contributed by atoms with Crippen molar-refractivity contribution in [2.45, 2.75) is 62.8 Å². The first-order valence-corrected chi connectivity index (χ1v) is 11.6. The highest BCUT2D eigenvalue weighted by atomic mass is 16.5. The van der Waals surface area contributed by atoms with E-state index >= 15 is 0 Å². The molecule has 4 atom stereocenters. The lowest BCUT2D eigenvalue weighted by atomic mass is 9.43. The van der Waals surface area contributed by atoms with Crippen LogP contribution in [0, 0.1) is 17.3 Å². The van der Waals surface area contributed by atoms with Gasteiger partial charge in [-0.05, 0) is 74.2 Å². The summed E-state index contributed by atoms with van der Waals surface area (Å²) in [6.07, 6.45) is 8.12. The zero-order valence-electron chi connectivity index (χ0n) is 18.3. The predicted octanol–water partition coefficient (Wildman–Crippen LogP) is 2.80. The second-order valence-corrected chi connectivity index (χ2v) is 10.6. The Hall–Kier alpha value is -2.37.